The highest BCUT2D eigenvalue weighted by Crippen LogP contribution is 1.95. The molecule has 0 aromatic carbocycles. The number of hydrogen-bond donors (Lipinski definition) is 2. The highest BCUT2D eigenvalue weighted by Gasteiger charge is 1.96. The average molecular weight is 160 g/mol. The largest absolute Gasteiger partial charge is 0.383 e. The van der Waals surface area contributed by atoms with E-state index in [2.05, 4.69) is 12.2 Å². The van der Waals surface area contributed by atoms with Crippen molar-refractivity contribution in [2.24, 2.45) is 11.7 Å². The van der Waals surface area contributed by atoms with Crippen molar-refractivity contribution in [3.8, 4) is 0 Å². The number of ether oxygens (including phenoxy) is 1. The van der Waals surface area contributed by atoms with Crippen molar-refractivity contribution >= 4 is 0 Å². The molecule has 0 aromatic heterocycles. The zero-order valence-corrected chi connectivity index (χ0v) is 7.60. The normalized spacial score (nSPS) is 13.4. The second-order valence-corrected chi connectivity index (χ2v) is 2.87. The molecule has 0 spiro atoms. The molecule has 0 bridgehead atoms. The minimum atomic E-state index is 0.630. The Bertz CT molecular complexity index is 78.5. The van der Waals surface area contributed by atoms with Crippen molar-refractivity contribution in [2.75, 3.05) is 33.4 Å². The van der Waals surface area contributed by atoms with Gasteiger partial charge >= 0.3 is 0 Å². The third-order valence-electron chi connectivity index (χ3n) is 1.70. The van der Waals surface area contributed by atoms with Gasteiger partial charge in [-0.2, -0.15) is 0 Å². The van der Waals surface area contributed by atoms with Gasteiger partial charge in [-0.1, -0.05) is 6.92 Å². The Kier molecular flexibility index (Phi) is 7.89. The molecule has 0 heterocycles. The van der Waals surface area contributed by atoms with E-state index in [4.69, 9.17) is 10.5 Å². The Morgan fingerprint density at radius 3 is 2.73 bits per heavy atom. The van der Waals surface area contributed by atoms with Crippen LogP contribution < -0.4 is 11.1 Å². The van der Waals surface area contributed by atoms with Gasteiger partial charge in [0.2, 0.25) is 0 Å². The van der Waals surface area contributed by atoms with Crippen LogP contribution in [0.4, 0.5) is 0 Å². The van der Waals surface area contributed by atoms with E-state index >= 15 is 0 Å². The van der Waals surface area contributed by atoms with Crippen LogP contribution in [-0.4, -0.2) is 33.4 Å². The van der Waals surface area contributed by atoms with E-state index in [1.54, 1.807) is 7.11 Å². The van der Waals surface area contributed by atoms with Gasteiger partial charge in [0.1, 0.15) is 0 Å². The smallest absolute Gasteiger partial charge is 0.0587 e. The molecule has 0 rings (SSSR count). The van der Waals surface area contributed by atoms with E-state index in [1.807, 2.05) is 0 Å². The van der Waals surface area contributed by atoms with Gasteiger partial charge in [0.05, 0.1) is 6.61 Å². The van der Waals surface area contributed by atoms with Crippen molar-refractivity contribution in [3.05, 3.63) is 0 Å². The first kappa shape index (κ1) is 10.9. The lowest BCUT2D eigenvalue weighted by Crippen LogP contribution is -2.23. The Hall–Kier alpha value is -0.120. The van der Waals surface area contributed by atoms with Crippen molar-refractivity contribution in [2.45, 2.75) is 13.3 Å². The maximum Gasteiger partial charge on any atom is 0.0587 e. The van der Waals surface area contributed by atoms with Gasteiger partial charge < -0.3 is 15.8 Å². The second-order valence-electron chi connectivity index (χ2n) is 2.87. The van der Waals surface area contributed by atoms with Crippen LogP contribution >= 0.6 is 0 Å². The first-order valence-electron chi connectivity index (χ1n) is 4.21. The maximum atomic E-state index is 5.46. The van der Waals surface area contributed by atoms with Gasteiger partial charge in [-0.3, -0.25) is 0 Å². The van der Waals surface area contributed by atoms with E-state index in [0.717, 1.165) is 32.7 Å². The van der Waals surface area contributed by atoms with Crippen LogP contribution in [0, 0.1) is 5.92 Å². The van der Waals surface area contributed by atoms with Crippen LogP contribution in [-0.2, 0) is 4.74 Å². The average Bonchev–Trinajstić information content (AvgIpc) is 2.04. The molecule has 68 valence electrons. The lowest BCUT2D eigenvalue weighted by atomic mass is 10.1. The summed E-state index contributed by atoms with van der Waals surface area (Å²) in [6.07, 6.45) is 1.15. The summed E-state index contributed by atoms with van der Waals surface area (Å²) in [5.74, 6) is 0.630. The van der Waals surface area contributed by atoms with E-state index in [0.29, 0.717) is 5.92 Å². The molecule has 0 aliphatic heterocycles. The summed E-state index contributed by atoms with van der Waals surface area (Å²) >= 11 is 0. The summed E-state index contributed by atoms with van der Waals surface area (Å²) in [5, 5.41) is 3.27. The van der Waals surface area contributed by atoms with Gasteiger partial charge in [0.25, 0.3) is 0 Å². The zero-order chi connectivity index (χ0) is 8.53. The van der Waals surface area contributed by atoms with E-state index in [9.17, 15) is 0 Å². The van der Waals surface area contributed by atoms with Gasteiger partial charge in [0, 0.05) is 13.7 Å². The summed E-state index contributed by atoms with van der Waals surface area (Å²) in [6.45, 7) is 5.72. The minimum absolute atomic E-state index is 0.630. The Labute approximate surface area is 69.3 Å². The van der Waals surface area contributed by atoms with Gasteiger partial charge in [0.15, 0.2) is 0 Å². The van der Waals surface area contributed by atoms with Crippen molar-refractivity contribution in [1.29, 1.82) is 0 Å². The lowest BCUT2D eigenvalue weighted by Gasteiger charge is -2.08. The topological polar surface area (TPSA) is 47.3 Å². The lowest BCUT2D eigenvalue weighted by molar-refractivity contribution is 0.199. The zero-order valence-electron chi connectivity index (χ0n) is 7.60. The molecule has 3 N–H and O–H groups in total. The number of nitrogens with two attached hydrogens (primary N) is 1. The summed E-state index contributed by atoms with van der Waals surface area (Å²) in [7, 11) is 1.71. The second kappa shape index (κ2) is 7.98. The molecule has 3 heteroatoms. The molecular weight excluding hydrogens is 140 g/mol. The molecule has 0 aromatic rings. The molecule has 0 fully saturated rings. The number of rotatable bonds is 7. The Balaban J connectivity index is 2.89. The Morgan fingerprint density at radius 2 is 2.18 bits per heavy atom. The molecular formula is C8H20N2O. The molecule has 0 saturated heterocycles. The molecule has 0 radical (unpaired) electrons. The quantitative estimate of drug-likeness (QED) is 0.523. The van der Waals surface area contributed by atoms with Crippen LogP contribution in [0.5, 0.6) is 0 Å². The number of hydrogen-bond acceptors (Lipinski definition) is 3. The monoisotopic (exact) mass is 160 g/mol. The molecule has 3 nitrogen and oxygen atoms in total. The molecule has 0 aliphatic carbocycles. The van der Waals surface area contributed by atoms with Crippen molar-refractivity contribution in [3.63, 3.8) is 0 Å². The fourth-order valence-corrected chi connectivity index (χ4v) is 0.766. The van der Waals surface area contributed by atoms with Crippen LogP contribution in [0.15, 0.2) is 0 Å². The van der Waals surface area contributed by atoms with Gasteiger partial charge in [-0.25, -0.2) is 0 Å². The van der Waals surface area contributed by atoms with Crippen LogP contribution in [0.3, 0.4) is 0 Å². The number of methoxy groups -OCH3 is 1. The third-order valence-corrected chi connectivity index (χ3v) is 1.70. The predicted molar refractivity (Wildman–Crippen MR) is 47.6 cm³/mol. The molecule has 0 saturated carbocycles. The maximum absolute atomic E-state index is 5.46. The molecule has 0 amide bonds. The number of nitrogens with one attached hydrogen (secondary N) is 1. The van der Waals surface area contributed by atoms with E-state index in [1.165, 1.54) is 0 Å². The highest BCUT2D eigenvalue weighted by atomic mass is 16.5. The highest BCUT2D eigenvalue weighted by molar-refractivity contribution is 4.55. The van der Waals surface area contributed by atoms with E-state index in [-0.39, 0.29) is 0 Å². The van der Waals surface area contributed by atoms with E-state index < -0.39 is 0 Å². The molecule has 0 aliphatic rings. The van der Waals surface area contributed by atoms with Crippen molar-refractivity contribution in [1.82, 2.24) is 5.32 Å². The first-order valence-corrected chi connectivity index (χ1v) is 4.21. The molecule has 1 unspecified atom stereocenters. The minimum Gasteiger partial charge on any atom is -0.383 e. The standard InChI is InChI=1S/C8H20N2O/c1-8(7-9)3-4-10-5-6-11-2/h8,10H,3-7,9H2,1-2H3. The summed E-state index contributed by atoms with van der Waals surface area (Å²) in [4.78, 5) is 0. The Morgan fingerprint density at radius 1 is 1.45 bits per heavy atom. The fourth-order valence-electron chi connectivity index (χ4n) is 0.766. The fraction of sp³-hybridized carbons (Fsp3) is 1.00. The third kappa shape index (κ3) is 7.78. The molecule has 11 heavy (non-hydrogen) atoms. The van der Waals surface area contributed by atoms with Crippen LogP contribution in [0.2, 0.25) is 0 Å². The van der Waals surface area contributed by atoms with Crippen molar-refractivity contribution < 1.29 is 4.74 Å². The SMILES string of the molecule is COCCNCCC(C)CN. The van der Waals surface area contributed by atoms with Crippen LogP contribution in [0.1, 0.15) is 13.3 Å². The molecule has 1 atom stereocenters. The summed E-state index contributed by atoms with van der Waals surface area (Å²) < 4.78 is 4.89. The summed E-state index contributed by atoms with van der Waals surface area (Å²) in [5.41, 5.74) is 5.46. The van der Waals surface area contributed by atoms with Gasteiger partial charge in [-0.05, 0) is 25.4 Å². The van der Waals surface area contributed by atoms with Crippen LogP contribution in [0.25, 0.3) is 0 Å². The predicted octanol–water partition coefficient (Wildman–Crippen LogP) is 0.207. The van der Waals surface area contributed by atoms with Gasteiger partial charge in [-0.15, -0.1) is 0 Å². The summed E-state index contributed by atoms with van der Waals surface area (Å²) in [6, 6.07) is 0. The first-order chi connectivity index (χ1) is 5.31.